The zero-order chi connectivity index (χ0) is 36.8. The van der Waals surface area contributed by atoms with Gasteiger partial charge in [-0.15, -0.1) is 0 Å². The summed E-state index contributed by atoms with van der Waals surface area (Å²) in [6.45, 7) is 9.63. The highest BCUT2D eigenvalue weighted by atomic mass is 15.0. The van der Waals surface area contributed by atoms with Crippen molar-refractivity contribution in [2.45, 2.75) is 44.4 Å². The Morgan fingerprint density at radius 2 is 1.22 bits per heavy atom. The van der Waals surface area contributed by atoms with Gasteiger partial charge in [0, 0.05) is 38.6 Å². The van der Waals surface area contributed by atoms with Crippen LogP contribution in [-0.4, -0.2) is 4.57 Å². The lowest BCUT2D eigenvalue weighted by Gasteiger charge is -2.29. The Labute approximate surface area is 321 Å². The molecule has 8 aromatic carbocycles. The quantitative estimate of drug-likeness (QED) is 0.158. The summed E-state index contributed by atoms with van der Waals surface area (Å²) in [5, 5.41) is 10.4. The van der Waals surface area contributed by atoms with E-state index in [1.807, 2.05) is 0 Å². The summed E-state index contributed by atoms with van der Waals surface area (Å²) in [4.78, 5) is 0. The number of allylic oxidation sites excluding steroid dienone is 4. The topological polar surface area (TPSA) is 4.93 Å². The average Bonchev–Trinajstić information content (AvgIpc) is 3.77. The van der Waals surface area contributed by atoms with Crippen LogP contribution < -0.4 is 0 Å². The number of fused-ring (bicyclic) bond motifs is 16. The first kappa shape index (κ1) is 31.2. The third kappa shape index (κ3) is 4.03. The third-order valence-electron chi connectivity index (χ3n) is 13.9. The van der Waals surface area contributed by atoms with Crippen LogP contribution in [0.1, 0.15) is 55.9 Å². The van der Waals surface area contributed by atoms with Crippen molar-refractivity contribution in [2.75, 3.05) is 0 Å². The molecule has 0 N–H and O–H groups in total. The second kappa shape index (κ2) is 10.7. The fourth-order valence-electron chi connectivity index (χ4n) is 11.1. The zero-order valence-corrected chi connectivity index (χ0v) is 31.7. The van der Waals surface area contributed by atoms with Gasteiger partial charge in [-0.05, 0) is 108 Å². The minimum Gasteiger partial charge on any atom is -0.309 e. The summed E-state index contributed by atoms with van der Waals surface area (Å²) in [7, 11) is 0. The minimum atomic E-state index is -0.0550. The molecule has 3 aliphatic carbocycles. The number of nitrogens with zero attached hydrogens (tertiary/aromatic N) is 1. The van der Waals surface area contributed by atoms with Crippen LogP contribution in [0.5, 0.6) is 0 Å². The molecular weight excluding hydrogens is 663 g/mol. The molecule has 0 radical (unpaired) electrons. The summed E-state index contributed by atoms with van der Waals surface area (Å²) < 4.78 is 2.59. The molecule has 0 fully saturated rings. The van der Waals surface area contributed by atoms with E-state index in [0.717, 1.165) is 0 Å². The second-order valence-electron chi connectivity index (χ2n) is 17.3. The van der Waals surface area contributed by atoms with Crippen molar-refractivity contribution in [1.82, 2.24) is 4.57 Å². The lowest BCUT2D eigenvalue weighted by atomic mass is 9.74. The Balaban J connectivity index is 1.19. The lowest BCUT2D eigenvalue weighted by Crippen LogP contribution is -2.24. The van der Waals surface area contributed by atoms with Gasteiger partial charge in [0.15, 0.2) is 0 Å². The number of hydrogen-bond acceptors (Lipinski definition) is 0. The highest BCUT2D eigenvalue weighted by molar-refractivity contribution is 6.37. The van der Waals surface area contributed by atoms with E-state index in [2.05, 4.69) is 196 Å². The molecule has 1 nitrogen and oxygen atoms in total. The summed E-state index contributed by atoms with van der Waals surface area (Å²) in [6, 6.07) is 53.3. The molecule has 3 aliphatic rings. The van der Waals surface area contributed by atoms with Crippen LogP contribution in [-0.2, 0) is 10.8 Å². The molecule has 12 rings (SSSR count). The average molecular weight is 704 g/mol. The maximum absolute atomic E-state index is 2.59. The molecule has 9 aromatic rings. The van der Waals surface area contributed by atoms with Crippen molar-refractivity contribution in [1.29, 1.82) is 0 Å². The van der Waals surface area contributed by atoms with Crippen molar-refractivity contribution >= 4 is 54.1 Å². The standard InChI is InChI=1S/C54H41N/c1-53(2)45-19-11-9-16-38(45)40-25-22-34(30-47(40)53)33-23-28-49-44(29-33)51-50-36-14-6-5-13-32(36)21-26-42(50)37-15-7-8-18-43(37)52(51)55(49)35-24-27-41-39-17-10-12-20-46(39)54(3,4)48(41)31-35/h5-31,39,46H,1-4H3. The van der Waals surface area contributed by atoms with Crippen LogP contribution >= 0.6 is 0 Å². The predicted octanol–water partition coefficient (Wildman–Crippen LogP) is 14.3. The Morgan fingerprint density at radius 1 is 0.491 bits per heavy atom. The molecule has 0 saturated heterocycles. The number of hydrogen-bond donors (Lipinski definition) is 0. The maximum Gasteiger partial charge on any atom is 0.0626 e. The summed E-state index contributed by atoms with van der Waals surface area (Å²) in [5.74, 6) is 0.885. The van der Waals surface area contributed by atoms with Gasteiger partial charge >= 0.3 is 0 Å². The van der Waals surface area contributed by atoms with E-state index in [1.54, 1.807) is 0 Å². The van der Waals surface area contributed by atoms with E-state index in [4.69, 9.17) is 0 Å². The molecule has 1 aromatic heterocycles. The molecule has 262 valence electrons. The van der Waals surface area contributed by atoms with Gasteiger partial charge in [-0.3, -0.25) is 0 Å². The number of aromatic nitrogens is 1. The Morgan fingerprint density at radius 3 is 2.11 bits per heavy atom. The first-order chi connectivity index (χ1) is 26.8. The minimum absolute atomic E-state index is 0.0230. The van der Waals surface area contributed by atoms with Crippen molar-refractivity contribution in [2.24, 2.45) is 5.92 Å². The Kier molecular flexibility index (Phi) is 6.09. The van der Waals surface area contributed by atoms with Gasteiger partial charge in [0.25, 0.3) is 0 Å². The summed E-state index contributed by atoms with van der Waals surface area (Å²) in [6.07, 6.45) is 9.30. The van der Waals surface area contributed by atoms with Crippen molar-refractivity contribution in [3.63, 3.8) is 0 Å². The maximum atomic E-state index is 2.59. The third-order valence-corrected chi connectivity index (χ3v) is 13.9. The van der Waals surface area contributed by atoms with Crippen molar-refractivity contribution in [3.05, 3.63) is 186 Å². The van der Waals surface area contributed by atoms with Crippen molar-refractivity contribution < 1.29 is 0 Å². The molecule has 0 bridgehead atoms. The monoisotopic (exact) mass is 703 g/mol. The predicted molar refractivity (Wildman–Crippen MR) is 234 cm³/mol. The van der Waals surface area contributed by atoms with Gasteiger partial charge in [0.2, 0.25) is 0 Å². The summed E-state index contributed by atoms with van der Waals surface area (Å²) >= 11 is 0. The number of rotatable bonds is 2. The molecule has 0 saturated carbocycles. The van der Waals surface area contributed by atoms with Crippen LogP contribution in [0.3, 0.4) is 0 Å². The van der Waals surface area contributed by atoms with Crippen molar-refractivity contribution in [3.8, 4) is 27.9 Å². The molecular formula is C54H41N. The SMILES string of the molecule is CC1(C)c2ccccc2-c2ccc(-c3ccc4c(c3)c3c5c6ccccc6ccc5c5ccccc5c3n4-c3ccc4c(c3)C(C)(C)C3C=CC=CC43)cc21. The van der Waals surface area contributed by atoms with E-state index in [9.17, 15) is 0 Å². The van der Waals surface area contributed by atoms with Crippen LogP contribution in [0.15, 0.2) is 164 Å². The van der Waals surface area contributed by atoms with Gasteiger partial charge in [0.05, 0.1) is 11.0 Å². The van der Waals surface area contributed by atoms with Gasteiger partial charge in [-0.2, -0.15) is 0 Å². The van der Waals surface area contributed by atoms with Crippen LogP contribution in [0.2, 0.25) is 0 Å². The Bertz CT molecular complexity index is 3220. The molecule has 1 heteroatoms. The van der Waals surface area contributed by atoms with Crippen LogP contribution in [0.4, 0.5) is 0 Å². The molecule has 2 atom stereocenters. The lowest BCUT2D eigenvalue weighted by molar-refractivity contribution is 0.394. The highest BCUT2D eigenvalue weighted by Crippen LogP contribution is 2.54. The molecule has 2 unspecified atom stereocenters. The summed E-state index contributed by atoms with van der Waals surface area (Å²) in [5.41, 5.74) is 14.7. The second-order valence-corrected chi connectivity index (χ2v) is 17.3. The van der Waals surface area contributed by atoms with E-state index in [1.165, 1.54) is 104 Å². The number of benzene rings is 8. The van der Waals surface area contributed by atoms with Crippen LogP contribution in [0.25, 0.3) is 82.1 Å². The van der Waals surface area contributed by atoms with E-state index in [-0.39, 0.29) is 10.8 Å². The molecule has 55 heavy (non-hydrogen) atoms. The van der Waals surface area contributed by atoms with Gasteiger partial charge in [0.1, 0.15) is 0 Å². The van der Waals surface area contributed by atoms with E-state index in [0.29, 0.717) is 11.8 Å². The van der Waals surface area contributed by atoms with Gasteiger partial charge in [-0.1, -0.05) is 161 Å². The van der Waals surface area contributed by atoms with Gasteiger partial charge < -0.3 is 4.57 Å². The molecule has 0 spiro atoms. The van der Waals surface area contributed by atoms with Crippen LogP contribution in [0, 0.1) is 5.92 Å². The van der Waals surface area contributed by atoms with E-state index < -0.39 is 0 Å². The largest absolute Gasteiger partial charge is 0.309 e. The smallest absolute Gasteiger partial charge is 0.0626 e. The normalized spacial score (nSPS) is 18.7. The van der Waals surface area contributed by atoms with E-state index >= 15 is 0 Å². The highest BCUT2D eigenvalue weighted by Gasteiger charge is 2.44. The zero-order valence-electron chi connectivity index (χ0n) is 31.7. The molecule has 0 amide bonds. The first-order valence-corrected chi connectivity index (χ1v) is 19.9. The van der Waals surface area contributed by atoms with Gasteiger partial charge in [-0.25, -0.2) is 0 Å². The molecule has 1 heterocycles. The first-order valence-electron chi connectivity index (χ1n) is 19.9. The Hall–Kier alpha value is -6.18. The molecule has 0 aliphatic heterocycles. The fraction of sp³-hybridized carbons (Fsp3) is 0.148. The fourth-order valence-corrected chi connectivity index (χ4v) is 11.1.